The van der Waals surface area contributed by atoms with Crippen molar-refractivity contribution in [3.63, 3.8) is 0 Å². The number of hydrogen-bond acceptors (Lipinski definition) is 1. The van der Waals surface area contributed by atoms with Crippen LogP contribution in [0.4, 0.5) is 0 Å². The van der Waals surface area contributed by atoms with Gasteiger partial charge in [-0.1, -0.05) is 42.5 Å². The third-order valence-corrected chi connectivity index (χ3v) is 4.06. The molecule has 116 valence electrons. The lowest BCUT2D eigenvalue weighted by Gasteiger charge is -2.08. The van der Waals surface area contributed by atoms with Crippen LogP contribution in [-0.4, -0.2) is 6.54 Å². The molecule has 1 aliphatic heterocycles. The third kappa shape index (κ3) is 2.99. The van der Waals surface area contributed by atoms with Gasteiger partial charge in [0, 0.05) is 12.1 Å². The van der Waals surface area contributed by atoms with Gasteiger partial charge < -0.3 is 5.32 Å². The van der Waals surface area contributed by atoms with E-state index >= 15 is 0 Å². The van der Waals surface area contributed by atoms with Crippen LogP contribution >= 0.6 is 0 Å². The molecule has 0 atom stereocenters. The van der Waals surface area contributed by atoms with Gasteiger partial charge >= 0.3 is 11.5 Å². The van der Waals surface area contributed by atoms with E-state index in [1.165, 1.54) is 5.57 Å². The van der Waals surface area contributed by atoms with Crippen molar-refractivity contribution in [1.29, 1.82) is 0 Å². The maximum Gasteiger partial charge on any atom is 0.361 e. The second-order valence-corrected chi connectivity index (χ2v) is 5.71. The highest BCUT2D eigenvalue weighted by atomic mass is 16.3. The van der Waals surface area contributed by atoms with Crippen LogP contribution in [0, 0.1) is 0 Å². The summed E-state index contributed by atoms with van der Waals surface area (Å²) in [4.78, 5) is 0. The van der Waals surface area contributed by atoms with Gasteiger partial charge in [0.05, 0.1) is 23.3 Å². The minimum atomic E-state index is 0.846. The molecule has 1 N–H and O–H groups in total. The van der Waals surface area contributed by atoms with Crippen LogP contribution in [0.1, 0.15) is 5.56 Å². The Morgan fingerprint density at radius 1 is 0.708 bits per heavy atom. The molecule has 2 aromatic carbocycles. The zero-order chi connectivity index (χ0) is 16.2. The average molecular weight is 312 g/mol. The summed E-state index contributed by atoms with van der Waals surface area (Å²) in [5, 5.41) is 3.20. The molecule has 2 heterocycles. The molecule has 4 rings (SSSR count). The van der Waals surface area contributed by atoms with E-state index < -0.39 is 0 Å². The standard InChI is InChI=1S/C22H18NO/c1-3-7-18(8-4-1)21-15-20(17-11-13-23-14-12-17)16-22(24-21)19-9-5-2-6-10-19/h1-13,15-16,23H,14H2/q+1. The summed E-state index contributed by atoms with van der Waals surface area (Å²) in [6.45, 7) is 0.846. The summed E-state index contributed by atoms with van der Waals surface area (Å²) in [6, 6.07) is 24.7. The molecule has 0 amide bonds. The topological polar surface area (TPSA) is 23.3 Å². The van der Waals surface area contributed by atoms with Gasteiger partial charge in [-0.25, -0.2) is 4.42 Å². The van der Waals surface area contributed by atoms with Crippen LogP contribution in [0.3, 0.4) is 0 Å². The van der Waals surface area contributed by atoms with E-state index in [0.717, 1.165) is 34.8 Å². The first-order chi connectivity index (χ1) is 11.9. The maximum absolute atomic E-state index is 6.21. The first kappa shape index (κ1) is 14.5. The molecule has 3 aromatic rings. The van der Waals surface area contributed by atoms with E-state index in [0.29, 0.717) is 0 Å². The van der Waals surface area contributed by atoms with Crippen molar-refractivity contribution >= 4 is 5.57 Å². The Bertz CT molecular complexity index is 838. The Labute approximate surface area is 141 Å². The normalized spacial score (nSPS) is 13.2. The Morgan fingerprint density at radius 3 is 1.79 bits per heavy atom. The fourth-order valence-corrected chi connectivity index (χ4v) is 2.83. The van der Waals surface area contributed by atoms with Crippen molar-refractivity contribution in [2.75, 3.05) is 6.54 Å². The fraction of sp³-hybridized carbons (Fsp3) is 0.0455. The molecule has 0 saturated heterocycles. The zero-order valence-corrected chi connectivity index (χ0v) is 13.3. The average Bonchev–Trinajstić information content (AvgIpc) is 2.70. The van der Waals surface area contributed by atoms with Gasteiger partial charge in [-0.15, -0.1) is 0 Å². The monoisotopic (exact) mass is 312 g/mol. The Balaban J connectivity index is 1.88. The molecule has 0 fully saturated rings. The van der Waals surface area contributed by atoms with E-state index in [1.807, 2.05) is 42.6 Å². The second-order valence-electron chi connectivity index (χ2n) is 5.71. The summed E-state index contributed by atoms with van der Waals surface area (Å²) in [5.41, 5.74) is 4.53. The van der Waals surface area contributed by atoms with Crippen LogP contribution in [0.5, 0.6) is 0 Å². The van der Waals surface area contributed by atoms with Crippen molar-refractivity contribution < 1.29 is 4.42 Å². The molecule has 0 unspecified atom stereocenters. The van der Waals surface area contributed by atoms with E-state index in [2.05, 4.69) is 53.9 Å². The number of nitrogens with one attached hydrogen (secondary N) is 1. The fourth-order valence-electron chi connectivity index (χ4n) is 2.83. The molecule has 24 heavy (non-hydrogen) atoms. The van der Waals surface area contributed by atoms with Gasteiger partial charge in [0.2, 0.25) is 0 Å². The first-order valence-corrected chi connectivity index (χ1v) is 8.10. The number of hydrogen-bond donors (Lipinski definition) is 1. The number of allylic oxidation sites excluding steroid dienone is 2. The number of benzene rings is 2. The largest absolute Gasteiger partial charge is 0.387 e. The van der Waals surface area contributed by atoms with E-state index in [1.54, 1.807) is 0 Å². The molecule has 0 aliphatic carbocycles. The van der Waals surface area contributed by atoms with Gasteiger partial charge in [0.1, 0.15) is 0 Å². The van der Waals surface area contributed by atoms with Gasteiger partial charge in [-0.3, -0.25) is 0 Å². The second kappa shape index (κ2) is 6.55. The predicted molar refractivity (Wildman–Crippen MR) is 99.1 cm³/mol. The summed E-state index contributed by atoms with van der Waals surface area (Å²) < 4.78 is 6.21. The quantitative estimate of drug-likeness (QED) is 0.655. The summed E-state index contributed by atoms with van der Waals surface area (Å²) in [6.07, 6.45) is 6.28. The predicted octanol–water partition coefficient (Wildman–Crippen LogP) is 5.40. The van der Waals surface area contributed by atoms with Gasteiger partial charge in [-0.2, -0.15) is 0 Å². The van der Waals surface area contributed by atoms with Gasteiger partial charge in [0.15, 0.2) is 0 Å². The molecule has 1 aromatic heterocycles. The van der Waals surface area contributed by atoms with Crippen LogP contribution in [0.2, 0.25) is 0 Å². The SMILES string of the molecule is C1=CC(c2cc(-c3ccccc3)[o+]c(-c3ccccc3)c2)=CCN1. The molecule has 0 spiro atoms. The smallest absolute Gasteiger partial charge is 0.361 e. The van der Waals surface area contributed by atoms with Crippen molar-refractivity contribution in [3.05, 3.63) is 96.7 Å². The zero-order valence-electron chi connectivity index (χ0n) is 13.3. The lowest BCUT2D eigenvalue weighted by molar-refractivity contribution is 0.581. The molecule has 1 aliphatic rings. The Morgan fingerprint density at radius 2 is 1.29 bits per heavy atom. The molecule has 2 nitrogen and oxygen atoms in total. The van der Waals surface area contributed by atoms with Crippen molar-refractivity contribution in [2.45, 2.75) is 0 Å². The number of dihydropyridines is 1. The maximum atomic E-state index is 6.21. The van der Waals surface area contributed by atoms with Crippen LogP contribution in [-0.2, 0) is 0 Å². The minimum Gasteiger partial charge on any atom is -0.387 e. The molecular weight excluding hydrogens is 294 g/mol. The first-order valence-electron chi connectivity index (χ1n) is 8.10. The minimum absolute atomic E-state index is 0.846. The molecular formula is C22H18NO+. The van der Waals surface area contributed by atoms with Crippen molar-refractivity contribution in [2.24, 2.45) is 0 Å². The van der Waals surface area contributed by atoms with Crippen LogP contribution < -0.4 is 5.32 Å². The highest BCUT2D eigenvalue weighted by Crippen LogP contribution is 2.31. The summed E-state index contributed by atoms with van der Waals surface area (Å²) in [5.74, 6) is 1.75. The van der Waals surface area contributed by atoms with E-state index in [9.17, 15) is 0 Å². The highest BCUT2D eigenvalue weighted by molar-refractivity contribution is 5.79. The van der Waals surface area contributed by atoms with Crippen LogP contribution in [0.15, 0.2) is 95.6 Å². The number of rotatable bonds is 3. The molecule has 0 radical (unpaired) electrons. The summed E-state index contributed by atoms with van der Waals surface area (Å²) >= 11 is 0. The molecule has 2 heteroatoms. The van der Waals surface area contributed by atoms with E-state index in [4.69, 9.17) is 4.42 Å². The Hall–Kier alpha value is -3.13. The lowest BCUT2D eigenvalue weighted by atomic mass is 10.0. The summed E-state index contributed by atoms with van der Waals surface area (Å²) in [7, 11) is 0. The van der Waals surface area contributed by atoms with Gasteiger partial charge in [-0.05, 0) is 42.1 Å². The molecule has 0 saturated carbocycles. The lowest BCUT2D eigenvalue weighted by Crippen LogP contribution is -2.08. The van der Waals surface area contributed by atoms with E-state index in [-0.39, 0.29) is 0 Å². The van der Waals surface area contributed by atoms with Gasteiger partial charge in [0.25, 0.3) is 0 Å². The highest BCUT2D eigenvalue weighted by Gasteiger charge is 2.20. The molecule has 0 bridgehead atoms. The van der Waals surface area contributed by atoms with Crippen molar-refractivity contribution in [3.8, 4) is 22.6 Å². The van der Waals surface area contributed by atoms with Crippen molar-refractivity contribution in [1.82, 2.24) is 5.32 Å². The van der Waals surface area contributed by atoms with Crippen LogP contribution in [0.25, 0.3) is 28.2 Å². The third-order valence-electron chi connectivity index (χ3n) is 4.06. The Kier molecular flexibility index (Phi) is 3.95.